The fourth-order valence-corrected chi connectivity index (χ4v) is 8.92. The number of nitrogens with zero attached hydrogens (tertiary/aromatic N) is 1. The highest BCUT2D eigenvalue weighted by molar-refractivity contribution is 5.98. The number of phenols is 1. The van der Waals surface area contributed by atoms with Gasteiger partial charge in [-0.3, -0.25) is 57.5 Å². The largest absolute Gasteiger partial charge is 0.508 e. The van der Waals surface area contributed by atoms with E-state index in [2.05, 4.69) is 47.9 Å². The Morgan fingerprint density at radius 2 is 1.21 bits per heavy atom. The minimum absolute atomic E-state index is 0.00550. The van der Waals surface area contributed by atoms with Crippen LogP contribution >= 0.6 is 0 Å². The Bertz CT molecular complexity index is 2400. The molecule has 0 aromatic heterocycles. The number of amides is 10. The molecule has 1 aromatic carbocycles. The number of aliphatic hydroxyl groups excluding tert-OH is 1. The highest BCUT2D eigenvalue weighted by Crippen LogP contribution is 2.19. The first-order valence-corrected chi connectivity index (χ1v) is 26.7. The molecule has 10 amide bonds. The number of nitrogens with two attached hydrogens (primary N) is 2. The van der Waals surface area contributed by atoms with E-state index in [0.717, 1.165) is 4.90 Å². The first-order valence-electron chi connectivity index (χ1n) is 26.7. The Hall–Kier alpha value is -7.99. The number of unbranched alkanes of at least 4 members (excludes halogenated alkanes) is 1. The number of rotatable bonds is 35. The molecule has 0 radical (unpaired) electrons. The molecule has 30 nitrogen and oxygen atoms in total. The first-order chi connectivity index (χ1) is 38.2. The average Bonchev–Trinajstić information content (AvgIpc) is 4.18. The van der Waals surface area contributed by atoms with Crippen LogP contribution in [0.15, 0.2) is 24.3 Å². The van der Waals surface area contributed by atoms with Crippen LogP contribution in [0.3, 0.4) is 0 Å². The SMILES string of the molecule is CC(C)C[C@H](NC(=O)[C@H](CCC(=O)O)NC(=O)[C@@H]1CCCN1C(=O)CNC(=O)[C@H](CCC(N)=O)NC(=O)[C@@H](NC(=O)[C@@H]1CCCN1)[C@@H](C)O)C(=O)N[C@@H](Cc1ccc(O)cc1)C(=O)N[C@@H](CCCCN)C(=O)N[C@@H](CC(=O)O)C(=O)O. The Morgan fingerprint density at radius 1 is 0.642 bits per heavy atom. The van der Waals surface area contributed by atoms with E-state index in [0.29, 0.717) is 31.4 Å². The van der Waals surface area contributed by atoms with Crippen molar-refractivity contribution < 1.29 is 87.9 Å². The van der Waals surface area contributed by atoms with Crippen molar-refractivity contribution in [3.8, 4) is 5.75 Å². The Kier molecular flexibility index (Phi) is 27.9. The van der Waals surface area contributed by atoms with Gasteiger partial charge in [0.2, 0.25) is 59.1 Å². The molecule has 0 bridgehead atoms. The second-order valence-electron chi connectivity index (χ2n) is 20.4. The average molecular weight is 1150 g/mol. The Labute approximate surface area is 466 Å². The molecule has 2 aliphatic rings. The number of carboxylic acids is 3. The number of nitrogens with one attached hydrogen (secondary N) is 9. The topological polar surface area (TPSA) is 487 Å². The van der Waals surface area contributed by atoms with Crippen LogP contribution in [0.25, 0.3) is 0 Å². The summed E-state index contributed by atoms with van der Waals surface area (Å²) in [5.41, 5.74) is 11.3. The van der Waals surface area contributed by atoms with E-state index >= 15 is 0 Å². The van der Waals surface area contributed by atoms with E-state index in [-0.39, 0.29) is 69.7 Å². The van der Waals surface area contributed by atoms with Crippen LogP contribution in [0.1, 0.15) is 110 Å². The van der Waals surface area contributed by atoms with E-state index < -0.39 is 170 Å². The molecule has 0 aliphatic carbocycles. The maximum Gasteiger partial charge on any atom is 0.326 e. The molecule has 10 atom stereocenters. The lowest BCUT2D eigenvalue weighted by Crippen LogP contribution is -2.60. The fourth-order valence-electron chi connectivity index (χ4n) is 8.92. The summed E-state index contributed by atoms with van der Waals surface area (Å²) < 4.78 is 0. The second kappa shape index (κ2) is 33.6. The van der Waals surface area contributed by atoms with Crippen LogP contribution in [0.4, 0.5) is 0 Å². The molecule has 18 N–H and O–H groups in total. The van der Waals surface area contributed by atoms with Gasteiger partial charge in [-0.25, -0.2) is 4.79 Å². The van der Waals surface area contributed by atoms with Crippen molar-refractivity contribution in [1.29, 1.82) is 0 Å². The van der Waals surface area contributed by atoms with Gasteiger partial charge in [0.25, 0.3) is 0 Å². The number of carboxylic acid groups (broad SMARTS) is 3. The van der Waals surface area contributed by atoms with Crippen LogP contribution in [-0.4, -0.2) is 194 Å². The summed E-state index contributed by atoms with van der Waals surface area (Å²) >= 11 is 0. The van der Waals surface area contributed by atoms with Crippen molar-refractivity contribution in [2.24, 2.45) is 17.4 Å². The lowest BCUT2D eigenvalue weighted by Gasteiger charge is -2.29. The Morgan fingerprint density at radius 3 is 1.78 bits per heavy atom. The molecule has 1 aromatic rings. The third kappa shape index (κ3) is 23.3. The number of aliphatic carboxylic acids is 3. The lowest BCUT2D eigenvalue weighted by atomic mass is 9.99. The third-order valence-electron chi connectivity index (χ3n) is 13.2. The molecule has 0 saturated carbocycles. The van der Waals surface area contributed by atoms with Crippen molar-refractivity contribution >= 4 is 77.0 Å². The zero-order valence-corrected chi connectivity index (χ0v) is 45.5. The Balaban J connectivity index is 1.82. The summed E-state index contributed by atoms with van der Waals surface area (Å²) in [7, 11) is 0. The normalized spacial score (nSPS) is 17.8. The molecule has 2 aliphatic heterocycles. The monoisotopic (exact) mass is 1150 g/mol. The lowest BCUT2D eigenvalue weighted by molar-refractivity contribution is -0.147. The standard InChI is InChI=1S/C51H78N12O18/c1-26(2)22-34(47(76)60-35(23-28-11-13-29(65)14-12-28)48(77)56-31(8-4-5-19-52)45(74)61-36(51(80)81)24-41(70)71)59-46(75)33(16-18-40(68)69)57-49(78)37-10-7-21-63(37)39(67)25-55-43(72)32(15-17-38(53)66)58-50(79)42(27(3)64)62-44(73)30-9-6-20-54-30/h11-14,26-27,30-37,42,54,64-65H,4-10,15-25,52H2,1-3H3,(H2,53,66)(H,55,72)(H,56,77)(H,57,78)(H,58,79)(H,59,75)(H,60,76)(H,61,74)(H,62,73)(H,68,69)(H,70,71)(H,80,81)/t27-,30+,31+,32+,33+,34+,35+,36+,37+,42+/m1/s1. The molecule has 0 spiro atoms. The summed E-state index contributed by atoms with van der Waals surface area (Å²) in [5.74, 6) is -14.0. The van der Waals surface area contributed by atoms with Gasteiger partial charge in [0, 0.05) is 25.8 Å². The zero-order chi connectivity index (χ0) is 60.5. The van der Waals surface area contributed by atoms with Gasteiger partial charge >= 0.3 is 17.9 Å². The molecule has 450 valence electrons. The van der Waals surface area contributed by atoms with E-state index in [1.807, 2.05) is 0 Å². The second-order valence-corrected chi connectivity index (χ2v) is 20.4. The quantitative estimate of drug-likeness (QED) is 0.0285. The molecular weight excluding hydrogens is 1070 g/mol. The van der Waals surface area contributed by atoms with E-state index in [4.69, 9.17) is 11.5 Å². The number of likely N-dealkylation sites (tertiary alicyclic amines) is 1. The number of primary amides is 1. The predicted octanol–water partition coefficient (Wildman–Crippen LogP) is -4.57. The third-order valence-corrected chi connectivity index (χ3v) is 13.2. The number of carbonyl (C=O) groups is 13. The van der Waals surface area contributed by atoms with Crippen LogP contribution in [-0.2, 0) is 68.7 Å². The summed E-state index contributed by atoms with van der Waals surface area (Å²) in [6.45, 7) is 4.66. The van der Waals surface area contributed by atoms with Gasteiger partial charge in [-0.05, 0) is 108 Å². The van der Waals surface area contributed by atoms with Gasteiger partial charge in [-0.15, -0.1) is 0 Å². The van der Waals surface area contributed by atoms with Crippen LogP contribution < -0.4 is 59.3 Å². The number of benzene rings is 1. The minimum atomic E-state index is -1.87. The van der Waals surface area contributed by atoms with Gasteiger partial charge in [0.15, 0.2) is 0 Å². The van der Waals surface area contributed by atoms with Gasteiger partial charge < -0.3 is 89.8 Å². The summed E-state index contributed by atoms with van der Waals surface area (Å²) in [5, 5.41) is 71.1. The molecule has 3 rings (SSSR count). The van der Waals surface area contributed by atoms with E-state index in [1.54, 1.807) is 13.8 Å². The van der Waals surface area contributed by atoms with Gasteiger partial charge in [-0.1, -0.05) is 26.0 Å². The maximum atomic E-state index is 14.3. The van der Waals surface area contributed by atoms with Gasteiger partial charge in [0.05, 0.1) is 25.1 Å². The van der Waals surface area contributed by atoms with Crippen molar-refractivity contribution in [2.45, 2.75) is 171 Å². The first kappa shape index (κ1) is 67.3. The molecule has 2 heterocycles. The minimum Gasteiger partial charge on any atom is -0.508 e. The summed E-state index contributed by atoms with van der Waals surface area (Å²) in [4.78, 5) is 171. The van der Waals surface area contributed by atoms with Crippen LogP contribution in [0.5, 0.6) is 5.75 Å². The van der Waals surface area contributed by atoms with E-state index in [9.17, 15) is 87.9 Å². The molecule has 30 heteroatoms. The number of hydrogen-bond donors (Lipinski definition) is 16. The van der Waals surface area contributed by atoms with E-state index in [1.165, 1.54) is 31.2 Å². The van der Waals surface area contributed by atoms with Crippen LogP contribution in [0, 0.1) is 5.92 Å². The van der Waals surface area contributed by atoms with Gasteiger partial charge in [-0.2, -0.15) is 0 Å². The van der Waals surface area contributed by atoms with Crippen molar-refractivity contribution in [3.63, 3.8) is 0 Å². The highest BCUT2D eigenvalue weighted by Gasteiger charge is 2.39. The van der Waals surface area contributed by atoms with Crippen molar-refractivity contribution in [1.82, 2.24) is 52.8 Å². The maximum absolute atomic E-state index is 14.3. The van der Waals surface area contributed by atoms with Gasteiger partial charge in [0.1, 0.15) is 54.1 Å². The highest BCUT2D eigenvalue weighted by atomic mass is 16.4. The number of phenolic OH excluding ortho intramolecular Hbond substituents is 1. The number of aliphatic hydroxyl groups is 1. The van der Waals surface area contributed by atoms with Crippen LogP contribution in [0.2, 0.25) is 0 Å². The fraction of sp³-hybridized carbons (Fsp3) is 0.627. The number of aromatic hydroxyl groups is 1. The summed E-state index contributed by atoms with van der Waals surface area (Å²) in [6.07, 6.45) is -2.64. The number of carbonyl (C=O) groups excluding carboxylic acids is 10. The molecule has 2 saturated heterocycles. The smallest absolute Gasteiger partial charge is 0.326 e. The van der Waals surface area contributed by atoms with Crippen molar-refractivity contribution in [2.75, 3.05) is 26.2 Å². The molecule has 0 unspecified atom stereocenters. The molecule has 2 fully saturated rings. The number of hydrogen-bond acceptors (Lipinski definition) is 17. The molecule has 81 heavy (non-hydrogen) atoms. The predicted molar refractivity (Wildman–Crippen MR) is 283 cm³/mol. The summed E-state index contributed by atoms with van der Waals surface area (Å²) in [6, 6.07) is -7.35. The molecular formula is C51H78N12O18. The zero-order valence-electron chi connectivity index (χ0n) is 45.5. The van der Waals surface area contributed by atoms with Crippen molar-refractivity contribution in [3.05, 3.63) is 29.8 Å².